The summed E-state index contributed by atoms with van der Waals surface area (Å²) in [5.41, 5.74) is 0.709. The predicted octanol–water partition coefficient (Wildman–Crippen LogP) is 3.70. The van der Waals surface area contributed by atoms with Crippen LogP contribution in [0.25, 0.3) is 0 Å². The molecule has 0 fully saturated rings. The molecule has 104 valence electrons. The first-order valence-electron chi connectivity index (χ1n) is 6.55. The van der Waals surface area contributed by atoms with Crippen molar-refractivity contribution in [1.82, 2.24) is 5.32 Å². The number of rotatable bonds is 5. The summed E-state index contributed by atoms with van der Waals surface area (Å²) in [7, 11) is 0. The van der Waals surface area contributed by atoms with Gasteiger partial charge in [-0.05, 0) is 39.2 Å². The molecule has 3 nitrogen and oxygen atoms in total. The molecule has 19 heavy (non-hydrogen) atoms. The van der Waals surface area contributed by atoms with E-state index < -0.39 is 5.60 Å². The smallest absolute Gasteiger partial charge is 0.407 e. The van der Waals surface area contributed by atoms with Crippen molar-refractivity contribution in [3.63, 3.8) is 0 Å². The van der Waals surface area contributed by atoms with Crippen molar-refractivity contribution < 1.29 is 9.53 Å². The molecular formula is C16H23NO2. The lowest BCUT2D eigenvalue weighted by molar-refractivity contribution is 0.0505. The molecule has 0 saturated carbocycles. The van der Waals surface area contributed by atoms with Crippen molar-refractivity contribution in [3.05, 3.63) is 48.6 Å². The van der Waals surface area contributed by atoms with Gasteiger partial charge >= 0.3 is 6.09 Å². The van der Waals surface area contributed by atoms with Crippen molar-refractivity contribution in [1.29, 1.82) is 0 Å². The van der Waals surface area contributed by atoms with Gasteiger partial charge in [0.1, 0.15) is 5.60 Å². The highest BCUT2D eigenvalue weighted by atomic mass is 16.6. The maximum Gasteiger partial charge on any atom is 0.407 e. The van der Waals surface area contributed by atoms with Gasteiger partial charge in [-0.3, -0.25) is 0 Å². The fourth-order valence-electron chi connectivity index (χ4n) is 1.77. The molecule has 3 heteroatoms. The van der Waals surface area contributed by atoms with Crippen LogP contribution in [0.5, 0.6) is 0 Å². The maximum absolute atomic E-state index is 11.8. The highest BCUT2D eigenvalue weighted by Crippen LogP contribution is 2.10. The van der Waals surface area contributed by atoms with Crippen LogP contribution < -0.4 is 5.32 Å². The van der Waals surface area contributed by atoms with Gasteiger partial charge in [0.15, 0.2) is 0 Å². The van der Waals surface area contributed by atoms with Crippen LogP contribution in [0.4, 0.5) is 4.79 Å². The van der Waals surface area contributed by atoms with E-state index in [0.717, 1.165) is 6.42 Å². The molecule has 1 amide bonds. The summed E-state index contributed by atoms with van der Waals surface area (Å²) in [5, 5.41) is 2.89. The normalized spacial score (nSPS) is 12.6. The second kappa shape index (κ2) is 6.98. The van der Waals surface area contributed by atoms with Crippen molar-refractivity contribution in [3.8, 4) is 0 Å². The van der Waals surface area contributed by atoms with Crippen LogP contribution in [0.3, 0.4) is 0 Å². The van der Waals surface area contributed by atoms with Crippen molar-refractivity contribution in [2.45, 2.75) is 45.3 Å². The largest absolute Gasteiger partial charge is 0.444 e. The number of carbonyl (C=O) groups is 1. The molecule has 0 aromatic heterocycles. The minimum atomic E-state index is -0.477. The molecule has 0 spiro atoms. The molecule has 0 aliphatic carbocycles. The van der Waals surface area contributed by atoms with E-state index in [-0.39, 0.29) is 12.1 Å². The summed E-state index contributed by atoms with van der Waals surface area (Å²) < 4.78 is 5.27. The molecule has 1 aromatic rings. The second-order valence-electron chi connectivity index (χ2n) is 5.56. The molecule has 1 aromatic carbocycles. The average Bonchev–Trinajstić information content (AvgIpc) is 2.27. The average molecular weight is 261 g/mol. The van der Waals surface area contributed by atoms with Gasteiger partial charge in [0, 0.05) is 6.04 Å². The Morgan fingerprint density at radius 3 is 2.53 bits per heavy atom. The Hall–Kier alpha value is -1.77. The van der Waals surface area contributed by atoms with Crippen molar-refractivity contribution in [2.24, 2.45) is 0 Å². The SMILES string of the molecule is C=CC[C@H](Cc1ccccc1)NC(=O)OC(C)(C)C. The highest BCUT2D eigenvalue weighted by molar-refractivity contribution is 5.68. The van der Waals surface area contributed by atoms with E-state index in [1.165, 1.54) is 5.56 Å². The van der Waals surface area contributed by atoms with E-state index >= 15 is 0 Å². The summed E-state index contributed by atoms with van der Waals surface area (Å²) in [6, 6.07) is 10.1. The minimum Gasteiger partial charge on any atom is -0.444 e. The number of alkyl carbamates (subject to hydrolysis) is 1. The van der Waals surface area contributed by atoms with E-state index in [1.807, 2.05) is 57.2 Å². The van der Waals surface area contributed by atoms with Gasteiger partial charge in [-0.2, -0.15) is 0 Å². The van der Waals surface area contributed by atoms with Crippen LogP contribution in [0, 0.1) is 0 Å². The monoisotopic (exact) mass is 261 g/mol. The highest BCUT2D eigenvalue weighted by Gasteiger charge is 2.19. The zero-order chi connectivity index (χ0) is 14.3. The predicted molar refractivity (Wildman–Crippen MR) is 78.1 cm³/mol. The van der Waals surface area contributed by atoms with Gasteiger partial charge in [0.2, 0.25) is 0 Å². The number of benzene rings is 1. The second-order valence-corrected chi connectivity index (χ2v) is 5.56. The third-order valence-corrected chi connectivity index (χ3v) is 2.50. The van der Waals surface area contributed by atoms with Gasteiger partial charge in [0.05, 0.1) is 0 Å². The first-order chi connectivity index (χ1) is 8.90. The van der Waals surface area contributed by atoms with Gasteiger partial charge in [-0.15, -0.1) is 6.58 Å². The first-order valence-corrected chi connectivity index (χ1v) is 6.55. The number of carbonyl (C=O) groups excluding carboxylic acids is 1. The Balaban J connectivity index is 2.58. The Labute approximate surface area is 115 Å². The molecule has 0 saturated heterocycles. The molecule has 0 bridgehead atoms. The first kappa shape index (κ1) is 15.3. The van der Waals surface area contributed by atoms with E-state index in [1.54, 1.807) is 0 Å². The minimum absolute atomic E-state index is 0.00903. The van der Waals surface area contributed by atoms with E-state index in [4.69, 9.17) is 4.74 Å². The van der Waals surface area contributed by atoms with Crippen LogP contribution >= 0.6 is 0 Å². The Morgan fingerprint density at radius 2 is 2.00 bits per heavy atom. The summed E-state index contributed by atoms with van der Waals surface area (Å²) >= 11 is 0. The number of ether oxygens (including phenoxy) is 1. The molecule has 1 atom stereocenters. The standard InChI is InChI=1S/C16H23NO2/c1-5-9-14(12-13-10-7-6-8-11-13)17-15(18)19-16(2,3)4/h5-8,10-11,14H,1,9,12H2,2-4H3,(H,17,18)/t14-/m1/s1. The van der Waals surface area contributed by atoms with Crippen LogP contribution in [0.2, 0.25) is 0 Å². The van der Waals surface area contributed by atoms with E-state index in [9.17, 15) is 4.79 Å². The molecule has 0 radical (unpaired) electrons. The Morgan fingerprint density at radius 1 is 1.37 bits per heavy atom. The fourth-order valence-corrected chi connectivity index (χ4v) is 1.77. The Kier molecular flexibility index (Phi) is 5.61. The third kappa shape index (κ3) is 6.65. The number of amides is 1. The van der Waals surface area contributed by atoms with Gasteiger partial charge in [-0.1, -0.05) is 36.4 Å². The molecule has 0 heterocycles. The van der Waals surface area contributed by atoms with Crippen LogP contribution in [-0.4, -0.2) is 17.7 Å². The summed E-state index contributed by atoms with van der Waals surface area (Å²) in [4.78, 5) is 11.8. The van der Waals surface area contributed by atoms with Crippen molar-refractivity contribution in [2.75, 3.05) is 0 Å². The Bertz CT molecular complexity index is 407. The van der Waals surface area contributed by atoms with Gasteiger partial charge < -0.3 is 10.1 Å². The topological polar surface area (TPSA) is 38.3 Å². The van der Waals surface area contributed by atoms with Gasteiger partial charge in [-0.25, -0.2) is 4.79 Å². The number of hydrogen-bond acceptors (Lipinski definition) is 2. The maximum atomic E-state index is 11.8. The summed E-state index contributed by atoms with van der Waals surface area (Å²) in [6.07, 6.45) is 2.92. The van der Waals surface area contributed by atoms with Crippen LogP contribution in [0.15, 0.2) is 43.0 Å². The summed E-state index contributed by atoms with van der Waals surface area (Å²) in [6.45, 7) is 9.29. The molecule has 0 aliphatic heterocycles. The molecule has 1 N–H and O–H groups in total. The summed E-state index contributed by atoms with van der Waals surface area (Å²) in [5.74, 6) is 0. The molecule has 1 rings (SSSR count). The molecule has 0 unspecified atom stereocenters. The van der Waals surface area contributed by atoms with Crippen molar-refractivity contribution >= 4 is 6.09 Å². The van der Waals surface area contributed by atoms with Gasteiger partial charge in [0.25, 0.3) is 0 Å². The van der Waals surface area contributed by atoms with Crippen LogP contribution in [0.1, 0.15) is 32.8 Å². The fraction of sp³-hybridized carbons (Fsp3) is 0.438. The lowest BCUT2D eigenvalue weighted by atomic mass is 10.0. The lowest BCUT2D eigenvalue weighted by Gasteiger charge is -2.23. The zero-order valence-corrected chi connectivity index (χ0v) is 12.0. The van der Waals surface area contributed by atoms with Crippen LogP contribution in [-0.2, 0) is 11.2 Å². The number of hydrogen-bond donors (Lipinski definition) is 1. The lowest BCUT2D eigenvalue weighted by Crippen LogP contribution is -2.40. The quantitative estimate of drug-likeness (QED) is 0.821. The molecular weight excluding hydrogens is 238 g/mol. The van der Waals surface area contributed by atoms with E-state index in [2.05, 4.69) is 11.9 Å². The third-order valence-electron chi connectivity index (χ3n) is 2.50. The zero-order valence-electron chi connectivity index (χ0n) is 12.0. The van der Waals surface area contributed by atoms with E-state index in [0.29, 0.717) is 6.42 Å². The molecule has 0 aliphatic rings. The number of nitrogens with one attached hydrogen (secondary N) is 1.